The summed E-state index contributed by atoms with van der Waals surface area (Å²) in [6, 6.07) is 13.0. The van der Waals surface area contributed by atoms with Crippen molar-refractivity contribution in [1.29, 1.82) is 0 Å². The number of ether oxygens (including phenoxy) is 2. The molecule has 0 bridgehead atoms. The Hall–Kier alpha value is -3.61. The molecule has 136 valence electrons. The van der Waals surface area contributed by atoms with Gasteiger partial charge in [0, 0.05) is 11.3 Å². The maximum Gasteiger partial charge on any atom is 0.222 e. The van der Waals surface area contributed by atoms with Crippen LogP contribution in [0.5, 0.6) is 17.4 Å². The van der Waals surface area contributed by atoms with Gasteiger partial charge >= 0.3 is 0 Å². The summed E-state index contributed by atoms with van der Waals surface area (Å²) in [5.74, 6) is 1.52. The van der Waals surface area contributed by atoms with E-state index >= 15 is 0 Å². The molecule has 0 fully saturated rings. The van der Waals surface area contributed by atoms with Crippen molar-refractivity contribution in [2.75, 3.05) is 7.11 Å². The van der Waals surface area contributed by atoms with Gasteiger partial charge < -0.3 is 14.6 Å². The molecule has 2 aromatic carbocycles. The molecule has 0 atom stereocenters. The van der Waals surface area contributed by atoms with Crippen molar-refractivity contribution in [1.82, 2.24) is 20.2 Å². The lowest BCUT2D eigenvalue weighted by Gasteiger charge is -2.10. The van der Waals surface area contributed by atoms with E-state index < -0.39 is 0 Å². The highest BCUT2D eigenvalue weighted by Crippen LogP contribution is 2.30. The molecule has 0 aliphatic rings. The highest BCUT2D eigenvalue weighted by Gasteiger charge is 2.12. The third-order valence-corrected chi connectivity index (χ3v) is 4.29. The Morgan fingerprint density at radius 1 is 1.07 bits per heavy atom. The topological polar surface area (TPSA) is 93.1 Å². The number of aryl methyl sites for hydroxylation is 1. The van der Waals surface area contributed by atoms with E-state index in [0.29, 0.717) is 28.2 Å². The molecule has 2 aromatic heterocycles. The van der Waals surface area contributed by atoms with Gasteiger partial charge in [0.1, 0.15) is 6.61 Å². The van der Waals surface area contributed by atoms with Gasteiger partial charge in [-0.2, -0.15) is 10.1 Å². The summed E-state index contributed by atoms with van der Waals surface area (Å²) in [6.45, 7) is 2.06. The van der Waals surface area contributed by atoms with Gasteiger partial charge in [0.25, 0.3) is 0 Å². The lowest BCUT2D eigenvalue weighted by molar-refractivity contribution is 0.275. The van der Waals surface area contributed by atoms with Crippen LogP contribution in [0.1, 0.15) is 11.5 Å². The number of aromatic hydroxyl groups is 1. The number of nitrogens with one attached hydrogen (secondary N) is 1. The summed E-state index contributed by atoms with van der Waals surface area (Å²) in [6.07, 6.45) is 1.75. The van der Waals surface area contributed by atoms with Crippen molar-refractivity contribution in [3.05, 3.63) is 60.2 Å². The van der Waals surface area contributed by atoms with Crippen LogP contribution in [-0.2, 0) is 6.61 Å². The largest absolute Gasteiger partial charge is 0.493 e. The average molecular weight is 362 g/mol. The SMILES string of the molecule is COc1ccccc1OCc1nc(O)c2cc(-c3cn[nH]c3C)ccc2n1. The van der Waals surface area contributed by atoms with Crippen molar-refractivity contribution in [2.24, 2.45) is 0 Å². The lowest BCUT2D eigenvalue weighted by atomic mass is 10.0. The molecule has 27 heavy (non-hydrogen) atoms. The molecular weight excluding hydrogens is 344 g/mol. The Morgan fingerprint density at radius 3 is 2.63 bits per heavy atom. The van der Waals surface area contributed by atoms with Crippen LogP contribution in [-0.4, -0.2) is 32.4 Å². The first-order valence-corrected chi connectivity index (χ1v) is 8.41. The van der Waals surface area contributed by atoms with Crippen molar-refractivity contribution >= 4 is 10.9 Å². The molecule has 0 radical (unpaired) electrons. The molecule has 2 heterocycles. The summed E-state index contributed by atoms with van der Waals surface area (Å²) in [4.78, 5) is 8.66. The third-order valence-electron chi connectivity index (χ3n) is 4.29. The average Bonchev–Trinajstić information content (AvgIpc) is 3.12. The Bertz CT molecular complexity index is 1110. The Balaban J connectivity index is 1.63. The summed E-state index contributed by atoms with van der Waals surface area (Å²) in [5, 5.41) is 17.9. The number of aromatic amines is 1. The second kappa shape index (κ2) is 6.95. The zero-order valence-electron chi connectivity index (χ0n) is 14.9. The molecule has 0 amide bonds. The van der Waals surface area contributed by atoms with E-state index in [1.54, 1.807) is 19.4 Å². The van der Waals surface area contributed by atoms with Crippen LogP contribution >= 0.6 is 0 Å². The number of hydrogen-bond acceptors (Lipinski definition) is 6. The van der Waals surface area contributed by atoms with E-state index in [1.807, 2.05) is 43.3 Å². The molecule has 0 unspecified atom stereocenters. The lowest BCUT2D eigenvalue weighted by Crippen LogP contribution is -2.03. The zero-order valence-corrected chi connectivity index (χ0v) is 14.9. The predicted octanol–water partition coefficient (Wildman–Crippen LogP) is 3.62. The highest BCUT2D eigenvalue weighted by molar-refractivity contribution is 5.88. The summed E-state index contributed by atoms with van der Waals surface area (Å²) >= 11 is 0. The smallest absolute Gasteiger partial charge is 0.222 e. The van der Waals surface area contributed by atoms with Crippen LogP contribution < -0.4 is 9.47 Å². The molecule has 7 nitrogen and oxygen atoms in total. The van der Waals surface area contributed by atoms with Gasteiger partial charge in [0.2, 0.25) is 5.88 Å². The van der Waals surface area contributed by atoms with Crippen molar-refractivity contribution in [3.8, 4) is 28.5 Å². The summed E-state index contributed by atoms with van der Waals surface area (Å²) in [5.41, 5.74) is 3.51. The number of methoxy groups -OCH3 is 1. The number of benzene rings is 2. The number of nitrogens with zero attached hydrogens (tertiary/aromatic N) is 3. The standard InChI is InChI=1S/C20H18N4O3/c1-12-15(10-21-24-12)13-7-8-16-14(9-13)20(25)23-19(22-16)11-27-18-6-4-3-5-17(18)26-2/h3-10H,11H2,1-2H3,(H,21,24)(H,22,23,25). The summed E-state index contributed by atoms with van der Waals surface area (Å²) in [7, 11) is 1.58. The Kier molecular flexibility index (Phi) is 4.33. The Labute approximate surface area is 155 Å². The minimum atomic E-state index is -0.0818. The van der Waals surface area contributed by atoms with Gasteiger partial charge in [-0.05, 0) is 36.8 Å². The van der Waals surface area contributed by atoms with Crippen LogP contribution in [0, 0.1) is 6.92 Å². The van der Waals surface area contributed by atoms with Crippen LogP contribution in [0.15, 0.2) is 48.7 Å². The van der Waals surface area contributed by atoms with Crippen molar-refractivity contribution in [3.63, 3.8) is 0 Å². The summed E-state index contributed by atoms with van der Waals surface area (Å²) < 4.78 is 11.0. The van der Waals surface area contributed by atoms with Gasteiger partial charge in [-0.15, -0.1) is 0 Å². The van der Waals surface area contributed by atoms with Gasteiger partial charge in [0.05, 0.1) is 24.2 Å². The predicted molar refractivity (Wildman–Crippen MR) is 101 cm³/mol. The number of hydrogen-bond donors (Lipinski definition) is 2. The van der Waals surface area contributed by atoms with Gasteiger partial charge in [-0.1, -0.05) is 18.2 Å². The van der Waals surface area contributed by atoms with Gasteiger partial charge in [0.15, 0.2) is 17.3 Å². The van der Waals surface area contributed by atoms with Crippen molar-refractivity contribution in [2.45, 2.75) is 13.5 Å². The number of para-hydroxylation sites is 2. The first-order chi connectivity index (χ1) is 13.2. The van der Waals surface area contributed by atoms with E-state index in [2.05, 4.69) is 20.2 Å². The number of rotatable bonds is 5. The van der Waals surface area contributed by atoms with Crippen LogP contribution in [0.25, 0.3) is 22.0 Å². The quantitative estimate of drug-likeness (QED) is 0.563. The molecule has 4 aromatic rings. The molecule has 0 aliphatic heterocycles. The van der Waals surface area contributed by atoms with Crippen LogP contribution in [0.4, 0.5) is 0 Å². The normalized spacial score (nSPS) is 10.9. The van der Waals surface area contributed by atoms with Gasteiger partial charge in [-0.25, -0.2) is 4.98 Å². The fraction of sp³-hybridized carbons (Fsp3) is 0.150. The van der Waals surface area contributed by atoms with Crippen molar-refractivity contribution < 1.29 is 14.6 Å². The maximum absolute atomic E-state index is 10.4. The molecule has 7 heteroatoms. The van der Waals surface area contributed by atoms with E-state index in [4.69, 9.17) is 9.47 Å². The van der Waals surface area contributed by atoms with E-state index in [-0.39, 0.29) is 12.5 Å². The second-order valence-corrected chi connectivity index (χ2v) is 6.04. The minimum absolute atomic E-state index is 0.0818. The minimum Gasteiger partial charge on any atom is -0.493 e. The molecule has 0 saturated carbocycles. The first-order valence-electron chi connectivity index (χ1n) is 8.41. The number of aromatic nitrogens is 4. The maximum atomic E-state index is 10.4. The van der Waals surface area contributed by atoms with Gasteiger partial charge in [-0.3, -0.25) is 5.10 Å². The van der Waals surface area contributed by atoms with Crippen LogP contribution in [0.3, 0.4) is 0 Å². The Morgan fingerprint density at radius 2 is 1.89 bits per heavy atom. The first kappa shape index (κ1) is 16.8. The second-order valence-electron chi connectivity index (χ2n) is 6.04. The molecule has 2 N–H and O–H groups in total. The molecular formula is C20H18N4O3. The number of fused-ring (bicyclic) bond motifs is 1. The highest BCUT2D eigenvalue weighted by atomic mass is 16.5. The van der Waals surface area contributed by atoms with E-state index in [1.165, 1.54) is 0 Å². The molecule has 0 saturated heterocycles. The molecule has 0 spiro atoms. The fourth-order valence-corrected chi connectivity index (χ4v) is 2.91. The monoisotopic (exact) mass is 362 g/mol. The third kappa shape index (κ3) is 3.27. The van der Waals surface area contributed by atoms with Crippen LogP contribution in [0.2, 0.25) is 0 Å². The molecule has 4 rings (SSSR count). The number of H-pyrrole nitrogens is 1. The van der Waals surface area contributed by atoms with E-state index in [0.717, 1.165) is 16.8 Å². The van der Waals surface area contributed by atoms with E-state index in [9.17, 15) is 5.11 Å². The molecule has 0 aliphatic carbocycles. The zero-order chi connectivity index (χ0) is 18.8. The fourth-order valence-electron chi connectivity index (χ4n) is 2.91.